The summed E-state index contributed by atoms with van der Waals surface area (Å²) < 4.78 is 11.9. The van der Waals surface area contributed by atoms with Crippen molar-refractivity contribution < 1.29 is 24.3 Å². The van der Waals surface area contributed by atoms with Crippen molar-refractivity contribution in [3.63, 3.8) is 0 Å². The van der Waals surface area contributed by atoms with Gasteiger partial charge >= 0.3 is 13.1 Å². The van der Waals surface area contributed by atoms with Gasteiger partial charge in [-0.05, 0) is 50.9 Å². The second-order valence-electron chi connectivity index (χ2n) is 6.59. The van der Waals surface area contributed by atoms with Crippen molar-refractivity contribution in [2.75, 3.05) is 6.54 Å². The van der Waals surface area contributed by atoms with Crippen molar-refractivity contribution in [2.45, 2.75) is 38.9 Å². The number of aromatic carboxylic acids is 1. The lowest BCUT2D eigenvalue weighted by Crippen LogP contribution is -2.41. The maximum Gasteiger partial charge on any atom is 0.491 e. The maximum atomic E-state index is 10.9. The van der Waals surface area contributed by atoms with Crippen LogP contribution in [0, 0.1) is 0 Å². The Kier molecular flexibility index (Phi) is 4.57. The van der Waals surface area contributed by atoms with Crippen molar-refractivity contribution in [1.29, 1.82) is 0 Å². The third-order valence-corrected chi connectivity index (χ3v) is 4.40. The fourth-order valence-corrected chi connectivity index (χ4v) is 2.25. The molecule has 23 heavy (non-hydrogen) atoms. The van der Waals surface area contributed by atoms with E-state index in [0.29, 0.717) is 11.0 Å². The van der Waals surface area contributed by atoms with Gasteiger partial charge in [-0.2, -0.15) is 0 Å². The van der Waals surface area contributed by atoms with Crippen LogP contribution in [0.5, 0.6) is 5.75 Å². The first-order valence-electron chi connectivity index (χ1n) is 7.40. The molecule has 1 aliphatic rings. The molecule has 2 rings (SSSR count). The molecule has 1 aromatic rings. The normalized spacial score (nSPS) is 19.9. The predicted octanol–water partition coefficient (Wildman–Crippen LogP) is 2.06. The van der Waals surface area contributed by atoms with Crippen LogP contribution in [-0.4, -0.2) is 41.0 Å². The van der Waals surface area contributed by atoms with Crippen molar-refractivity contribution in [2.24, 2.45) is 5.73 Å². The van der Waals surface area contributed by atoms with Gasteiger partial charge in [0.15, 0.2) is 0 Å². The molecule has 1 aliphatic heterocycles. The topological polar surface area (TPSA) is 102 Å². The SMILES string of the molecule is CC1(C)OB(C(=Cc2ccc(C(=O)O)c(O)c2)CN)OC1(C)C. The molecular formula is C16H22BNO5. The van der Waals surface area contributed by atoms with Crippen LogP contribution in [0.2, 0.25) is 0 Å². The van der Waals surface area contributed by atoms with E-state index in [2.05, 4.69) is 0 Å². The fourth-order valence-electron chi connectivity index (χ4n) is 2.25. The summed E-state index contributed by atoms with van der Waals surface area (Å²) in [5.74, 6) is -1.47. The smallest absolute Gasteiger partial charge is 0.491 e. The van der Waals surface area contributed by atoms with Crippen LogP contribution in [0.3, 0.4) is 0 Å². The predicted molar refractivity (Wildman–Crippen MR) is 88.2 cm³/mol. The monoisotopic (exact) mass is 319 g/mol. The van der Waals surface area contributed by atoms with Crippen molar-refractivity contribution in [1.82, 2.24) is 0 Å². The molecule has 0 bridgehead atoms. The van der Waals surface area contributed by atoms with Crippen LogP contribution in [0.15, 0.2) is 23.7 Å². The zero-order valence-corrected chi connectivity index (χ0v) is 13.8. The van der Waals surface area contributed by atoms with E-state index in [0.717, 1.165) is 0 Å². The summed E-state index contributed by atoms with van der Waals surface area (Å²) >= 11 is 0. The van der Waals surface area contributed by atoms with Crippen molar-refractivity contribution in [3.8, 4) is 5.75 Å². The van der Waals surface area contributed by atoms with Gasteiger partial charge in [0.25, 0.3) is 0 Å². The third kappa shape index (κ3) is 3.42. The van der Waals surface area contributed by atoms with E-state index in [9.17, 15) is 9.90 Å². The van der Waals surface area contributed by atoms with Gasteiger partial charge in [-0.1, -0.05) is 12.1 Å². The maximum absolute atomic E-state index is 10.9. The minimum absolute atomic E-state index is 0.146. The summed E-state index contributed by atoms with van der Waals surface area (Å²) in [6.45, 7) is 8.03. The Labute approximate surface area is 136 Å². The van der Waals surface area contributed by atoms with Crippen LogP contribution in [-0.2, 0) is 9.31 Å². The van der Waals surface area contributed by atoms with Crippen molar-refractivity contribution >= 4 is 19.2 Å². The number of rotatable bonds is 4. The molecule has 0 radical (unpaired) electrons. The summed E-state index contributed by atoms with van der Waals surface area (Å²) in [5.41, 5.74) is 6.06. The molecule has 7 heteroatoms. The van der Waals surface area contributed by atoms with Gasteiger partial charge in [-0.25, -0.2) is 4.79 Å². The Balaban J connectivity index is 2.30. The highest BCUT2D eigenvalue weighted by atomic mass is 16.7. The Hall–Kier alpha value is -1.83. The standard InChI is InChI=1S/C16H22BNO5/c1-15(2)16(3,4)23-17(22-15)11(9-18)7-10-5-6-12(14(20)21)13(19)8-10/h5-8,19H,9,18H2,1-4H3,(H,20,21). The lowest BCUT2D eigenvalue weighted by molar-refractivity contribution is 0.00578. The minimum Gasteiger partial charge on any atom is -0.507 e. The quantitative estimate of drug-likeness (QED) is 0.734. The molecule has 0 atom stereocenters. The highest BCUT2D eigenvalue weighted by molar-refractivity contribution is 6.55. The molecule has 6 nitrogen and oxygen atoms in total. The first kappa shape index (κ1) is 17.5. The molecule has 4 N–H and O–H groups in total. The second-order valence-corrected chi connectivity index (χ2v) is 6.59. The molecular weight excluding hydrogens is 297 g/mol. The van der Waals surface area contributed by atoms with Gasteiger partial charge in [-0.15, -0.1) is 0 Å². The largest absolute Gasteiger partial charge is 0.507 e. The van der Waals surface area contributed by atoms with E-state index in [1.165, 1.54) is 12.1 Å². The van der Waals surface area contributed by atoms with Crippen LogP contribution in [0.1, 0.15) is 43.6 Å². The number of hydrogen-bond donors (Lipinski definition) is 3. The Morgan fingerprint density at radius 1 is 1.26 bits per heavy atom. The first-order valence-corrected chi connectivity index (χ1v) is 7.40. The Bertz CT molecular complexity index is 638. The van der Waals surface area contributed by atoms with E-state index >= 15 is 0 Å². The van der Waals surface area contributed by atoms with Gasteiger partial charge in [0.05, 0.1) is 11.2 Å². The molecule has 124 valence electrons. The average molecular weight is 319 g/mol. The molecule has 1 saturated heterocycles. The van der Waals surface area contributed by atoms with Crippen LogP contribution in [0.4, 0.5) is 0 Å². The second kappa shape index (κ2) is 6.00. The first-order chi connectivity index (χ1) is 10.6. The van der Waals surface area contributed by atoms with Gasteiger partial charge < -0.3 is 25.3 Å². The number of benzene rings is 1. The van der Waals surface area contributed by atoms with E-state index in [-0.39, 0.29) is 17.9 Å². The van der Waals surface area contributed by atoms with Gasteiger partial charge in [-0.3, -0.25) is 0 Å². The summed E-state index contributed by atoms with van der Waals surface area (Å²) in [5, 5.41) is 18.7. The highest BCUT2D eigenvalue weighted by Gasteiger charge is 2.52. The number of carboxylic acid groups (broad SMARTS) is 1. The molecule has 0 unspecified atom stereocenters. The summed E-state index contributed by atoms with van der Waals surface area (Å²) in [7, 11) is -0.578. The number of carbonyl (C=O) groups is 1. The van der Waals surface area contributed by atoms with E-state index < -0.39 is 24.3 Å². The van der Waals surface area contributed by atoms with Gasteiger partial charge in [0.1, 0.15) is 11.3 Å². The summed E-state index contributed by atoms with van der Waals surface area (Å²) in [4.78, 5) is 10.9. The summed E-state index contributed by atoms with van der Waals surface area (Å²) in [6.07, 6.45) is 1.74. The molecule has 0 aromatic heterocycles. The zero-order valence-electron chi connectivity index (χ0n) is 13.8. The molecule has 1 heterocycles. The number of carboxylic acids is 1. The number of nitrogens with two attached hydrogens (primary N) is 1. The molecule has 0 amide bonds. The lowest BCUT2D eigenvalue weighted by Gasteiger charge is -2.32. The van der Waals surface area contributed by atoms with Gasteiger partial charge in [0.2, 0.25) is 0 Å². The fraction of sp³-hybridized carbons (Fsp3) is 0.438. The number of hydrogen-bond acceptors (Lipinski definition) is 5. The van der Waals surface area contributed by atoms with E-state index in [4.69, 9.17) is 20.1 Å². The number of aromatic hydroxyl groups is 1. The third-order valence-electron chi connectivity index (χ3n) is 4.40. The minimum atomic E-state index is -1.18. The average Bonchev–Trinajstić information content (AvgIpc) is 2.64. The highest BCUT2D eigenvalue weighted by Crippen LogP contribution is 2.38. The van der Waals surface area contributed by atoms with E-state index in [1.807, 2.05) is 27.7 Å². The van der Waals surface area contributed by atoms with E-state index in [1.54, 1.807) is 12.1 Å². The van der Waals surface area contributed by atoms with Crippen molar-refractivity contribution in [3.05, 3.63) is 34.8 Å². The molecule has 1 fully saturated rings. The van der Waals surface area contributed by atoms with Crippen LogP contribution in [0.25, 0.3) is 6.08 Å². The van der Waals surface area contributed by atoms with Crippen LogP contribution < -0.4 is 5.73 Å². The Morgan fingerprint density at radius 3 is 2.26 bits per heavy atom. The molecule has 0 spiro atoms. The number of phenols is 1. The lowest BCUT2D eigenvalue weighted by atomic mass is 9.77. The van der Waals surface area contributed by atoms with Crippen LogP contribution >= 0.6 is 0 Å². The zero-order chi connectivity index (χ0) is 17.4. The summed E-state index contributed by atoms with van der Waals surface area (Å²) in [6, 6.07) is 4.33. The van der Waals surface area contributed by atoms with Gasteiger partial charge in [0, 0.05) is 6.54 Å². The molecule has 1 aromatic carbocycles. The Morgan fingerprint density at radius 2 is 1.83 bits per heavy atom. The molecule has 0 aliphatic carbocycles. The molecule has 0 saturated carbocycles.